The maximum absolute atomic E-state index is 13.3. The molecule has 0 unspecified atom stereocenters. The van der Waals surface area contributed by atoms with E-state index in [9.17, 15) is 9.18 Å². The van der Waals surface area contributed by atoms with Gasteiger partial charge in [-0.3, -0.25) is 9.69 Å². The second-order valence-electron chi connectivity index (χ2n) is 5.98. The Hall–Kier alpha value is -2.54. The number of ether oxygens (including phenoxy) is 2. The zero-order valence-corrected chi connectivity index (χ0v) is 16.0. The van der Waals surface area contributed by atoms with Gasteiger partial charge in [0.25, 0.3) is 5.91 Å². The van der Waals surface area contributed by atoms with Gasteiger partial charge >= 0.3 is 0 Å². The van der Waals surface area contributed by atoms with Crippen LogP contribution in [0.25, 0.3) is 0 Å². The number of hydrogen-bond acceptors (Lipinski definition) is 5. The molecule has 0 radical (unpaired) electrons. The van der Waals surface area contributed by atoms with Gasteiger partial charge in [-0.1, -0.05) is 24.8 Å². The summed E-state index contributed by atoms with van der Waals surface area (Å²) in [4.78, 5) is 19.1. The molecule has 0 N–H and O–H groups in total. The average Bonchev–Trinajstić information content (AvgIpc) is 3.09. The van der Waals surface area contributed by atoms with Gasteiger partial charge in [-0.15, -0.1) is 0 Å². The van der Waals surface area contributed by atoms with Crippen molar-refractivity contribution in [1.29, 1.82) is 0 Å². The highest BCUT2D eigenvalue weighted by Gasteiger charge is 2.34. The summed E-state index contributed by atoms with van der Waals surface area (Å²) in [6.45, 7) is 1.87. The van der Waals surface area contributed by atoms with Gasteiger partial charge in [0.15, 0.2) is 11.8 Å². The fourth-order valence-electron chi connectivity index (χ4n) is 2.71. The molecule has 3 rings (SSSR count). The Morgan fingerprint density at radius 1 is 1.26 bits per heavy atom. The minimum atomic E-state index is -0.398. The molecular weight excluding hydrogens is 367 g/mol. The van der Waals surface area contributed by atoms with E-state index in [1.807, 2.05) is 31.2 Å². The van der Waals surface area contributed by atoms with Crippen molar-refractivity contribution in [2.45, 2.75) is 19.4 Å². The molecular formula is C20H21FN2O3S. The van der Waals surface area contributed by atoms with E-state index in [1.54, 1.807) is 35.9 Å². The van der Waals surface area contributed by atoms with Crippen molar-refractivity contribution in [3.63, 3.8) is 0 Å². The van der Waals surface area contributed by atoms with Gasteiger partial charge in [0, 0.05) is 17.9 Å². The Balaban J connectivity index is 1.74. The van der Waals surface area contributed by atoms with Crippen molar-refractivity contribution in [2.24, 2.45) is 4.99 Å². The molecule has 0 spiro atoms. The lowest BCUT2D eigenvalue weighted by atomic mass is 10.2. The predicted octanol–water partition coefficient (Wildman–Crippen LogP) is 4.25. The van der Waals surface area contributed by atoms with E-state index in [1.165, 1.54) is 12.1 Å². The first-order chi connectivity index (χ1) is 13.1. The van der Waals surface area contributed by atoms with Crippen LogP contribution >= 0.6 is 11.8 Å². The summed E-state index contributed by atoms with van der Waals surface area (Å²) >= 11 is 1.55. The number of rotatable bonds is 6. The number of thioether (sulfide) groups is 1. The maximum Gasteiger partial charge on any atom is 0.266 e. The van der Waals surface area contributed by atoms with Crippen molar-refractivity contribution in [3.05, 3.63) is 54.3 Å². The largest absolute Gasteiger partial charge is 0.497 e. The lowest BCUT2D eigenvalue weighted by Crippen LogP contribution is -2.41. The number of amidine groups is 1. The monoisotopic (exact) mass is 388 g/mol. The summed E-state index contributed by atoms with van der Waals surface area (Å²) in [6, 6.07) is 13.2. The van der Waals surface area contributed by atoms with Crippen LogP contribution in [0.1, 0.15) is 13.3 Å². The maximum atomic E-state index is 13.3. The van der Waals surface area contributed by atoms with Crippen molar-refractivity contribution in [1.82, 2.24) is 4.90 Å². The number of amides is 1. The van der Waals surface area contributed by atoms with E-state index in [0.717, 1.165) is 23.6 Å². The third-order valence-electron chi connectivity index (χ3n) is 4.17. The van der Waals surface area contributed by atoms with E-state index in [4.69, 9.17) is 9.47 Å². The number of carbonyl (C=O) groups excluding carboxylic acids is 1. The van der Waals surface area contributed by atoms with E-state index in [2.05, 4.69) is 4.99 Å². The zero-order valence-electron chi connectivity index (χ0n) is 15.2. The molecule has 1 aliphatic heterocycles. The number of hydrogen-bond donors (Lipinski definition) is 0. The molecule has 0 saturated carbocycles. The highest BCUT2D eigenvalue weighted by atomic mass is 32.2. The van der Waals surface area contributed by atoms with Crippen LogP contribution in [0.4, 0.5) is 10.1 Å². The van der Waals surface area contributed by atoms with Gasteiger partial charge in [-0.05, 0) is 42.8 Å². The van der Waals surface area contributed by atoms with Crippen LogP contribution in [0.5, 0.6) is 11.5 Å². The summed E-state index contributed by atoms with van der Waals surface area (Å²) in [5, 5.41) is 0.653. The van der Waals surface area contributed by atoms with Crippen LogP contribution in [0.2, 0.25) is 0 Å². The van der Waals surface area contributed by atoms with E-state index >= 15 is 0 Å². The number of aliphatic imine (C=N–C) groups is 1. The van der Waals surface area contributed by atoms with Gasteiger partial charge in [0.05, 0.1) is 12.8 Å². The minimum absolute atomic E-state index is 0.0654. The number of halogens is 1. The van der Waals surface area contributed by atoms with Crippen LogP contribution in [0.3, 0.4) is 0 Å². The topological polar surface area (TPSA) is 51.1 Å². The molecule has 7 heteroatoms. The molecule has 1 fully saturated rings. The first-order valence-corrected chi connectivity index (χ1v) is 9.65. The molecule has 2 aromatic rings. The van der Waals surface area contributed by atoms with Gasteiger partial charge in [-0.25, -0.2) is 9.38 Å². The van der Waals surface area contributed by atoms with Crippen LogP contribution in [0, 0.1) is 5.82 Å². The molecule has 0 aliphatic carbocycles. The van der Waals surface area contributed by atoms with Crippen LogP contribution < -0.4 is 9.47 Å². The number of nitrogens with zero attached hydrogens (tertiary/aromatic N) is 2. The average molecular weight is 388 g/mol. The predicted molar refractivity (Wildman–Crippen MR) is 105 cm³/mol. The van der Waals surface area contributed by atoms with E-state index in [-0.39, 0.29) is 18.6 Å². The summed E-state index contributed by atoms with van der Waals surface area (Å²) in [7, 11) is 1.61. The summed E-state index contributed by atoms with van der Waals surface area (Å²) in [5.74, 6) is 1.28. The van der Waals surface area contributed by atoms with E-state index in [0.29, 0.717) is 10.9 Å². The smallest absolute Gasteiger partial charge is 0.266 e. The minimum Gasteiger partial charge on any atom is -0.497 e. The zero-order chi connectivity index (χ0) is 19.2. The molecule has 2 aromatic carbocycles. The highest BCUT2D eigenvalue weighted by molar-refractivity contribution is 8.14. The van der Waals surface area contributed by atoms with Gasteiger partial charge in [0.1, 0.15) is 17.3 Å². The molecule has 1 aliphatic rings. The number of carbonyl (C=O) groups is 1. The second kappa shape index (κ2) is 8.90. The van der Waals surface area contributed by atoms with Crippen molar-refractivity contribution in [2.75, 3.05) is 19.5 Å². The Morgan fingerprint density at radius 2 is 2.04 bits per heavy atom. The highest BCUT2D eigenvalue weighted by Crippen LogP contribution is 2.29. The lowest BCUT2D eigenvalue weighted by Gasteiger charge is -2.23. The molecule has 142 valence electrons. The lowest BCUT2D eigenvalue weighted by molar-refractivity contribution is -0.130. The van der Waals surface area contributed by atoms with Crippen molar-refractivity contribution >= 4 is 28.5 Å². The molecule has 1 heterocycles. The van der Waals surface area contributed by atoms with Gasteiger partial charge < -0.3 is 9.47 Å². The Morgan fingerprint density at radius 3 is 2.70 bits per heavy atom. The molecule has 1 amide bonds. The molecule has 27 heavy (non-hydrogen) atoms. The molecule has 1 atom stereocenters. The van der Waals surface area contributed by atoms with E-state index < -0.39 is 5.82 Å². The normalized spacial score (nSPS) is 18.0. The van der Waals surface area contributed by atoms with Gasteiger partial charge in [0.2, 0.25) is 0 Å². The Bertz CT molecular complexity index is 826. The van der Waals surface area contributed by atoms with Crippen LogP contribution in [-0.2, 0) is 4.79 Å². The van der Waals surface area contributed by atoms with Crippen LogP contribution in [0.15, 0.2) is 53.5 Å². The van der Waals surface area contributed by atoms with Gasteiger partial charge in [-0.2, -0.15) is 0 Å². The van der Waals surface area contributed by atoms with Crippen LogP contribution in [-0.4, -0.2) is 41.5 Å². The summed E-state index contributed by atoms with van der Waals surface area (Å²) in [6.07, 6.45) is 0.820. The fourth-order valence-corrected chi connectivity index (χ4v) is 3.99. The molecule has 0 aromatic heterocycles. The fraction of sp³-hybridized carbons (Fsp3) is 0.300. The summed E-state index contributed by atoms with van der Waals surface area (Å²) < 4.78 is 23.9. The third kappa shape index (κ3) is 4.80. The number of benzene rings is 2. The second-order valence-corrected chi connectivity index (χ2v) is 6.96. The first-order valence-electron chi connectivity index (χ1n) is 8.66. The summed E-state index contributed by atoms with van der Waals surface area (Å²) in [5.41, 5.74) is 0.749. The standard InChI is InChI=1S/C20H21FN2O3S/c1-3-16-13-27-20(22-15-7-9-17(25-2)10-8-15)23(16)19(24)12-26-18-6-4-5-14(21)11-18/h4-11,16H,3,12-13H2,1-2H3/t16-/m1/s1. The molecule has 5 nitrogen and oxygen atoms in total. The van der Waals surface area contributed by atoms with Crippen molar-refractivity contribution in [3.8, 4) is 11.5 Å². The molecule has 1 saturated heterocycles. The Kier molecular flexibility index (Phi) is 6.34. The molecule has 0 bridgehead atoms. The van der Waals surface area contributed by atoms with Crippen molar-refractivity contribution < 1.29 is 18.7 Å². The number of methoxy groups -OCH3 is 1. The Labute approximate surface area is 162 Å². The quantitative estimate of drug-likeness (QED) is 0.742. The third-order valence-corrected chi connectivity index (χ3v) is 5.27. The first kappa shape index (κ1) is 19.2. The SMILES string of the molecule is CC[C@@H]1CSC(=Nc2ccc(OC)cc2)N1C(=O)COc1cccc(F)c1.